The fourth-order valence-corrected chi connectivity index (χ4v) is 3.91. The highest BCUT2D eigenvalue weighted by molar-refractivity contribution is 5.18. The monoisotopic (exact) mass is 438 g/mol. The molecule has 6 atom stereocenters. The number of benzene rings is 2. The second kappa shape index (κ2) is 11.5. The molecule has 2 aliphatic heterocycles. The lowest BCUT2D eigenvalue weighted by Gasteiger charge is -2.45. The molecule has 2 saturated heterocycles. The normalized spacial score (nSPS) is 30.5. The molecular weight excluding hydrogens is 408 g/mol. The van der Waals surface area contributed by atoms with Crippen LogP contribution in [0.4, 0.5) is 0 Å². The Morgan fingerprint density at radius 3 is 1.47 bits per heavy atom. The molecule has 0 aliphatic carbocycles. The molecule has 0 unspecified atom stereocenters. The van der Waals surface area contributed by atoms with E-state index in [0.29, 0.717) is 26.4 Å². The van der Waals surface area contributed by atoms with Crippen molar-refractivity contribution in [3.8, 4) is 0 Å². The molecule has 0 aromatic heterocycles. The van der Waals surface area contributed by atoms with Crippen molar-refractivity contribution in [2.24, 2.45) is 0 Å². The van der Waals surface area contributed by atoms with Gasteiger partial charge in [0.25, 0.3) is 0 Å². The molecule has 32 heavy (non-hydrogen) atoms. The Balaban J connectivity index is 1.59. The van der Waals surface area contributed by atoms with Gasteiger partial charge in [-0.05, 0) is 0 Å². The zero-order valence-corrected chi connectivity index (χ0v) is 18.1. The first-order chi connectivity index (χ1) is 15.8. The SMILES string of the molecule is C=CCO[C@H]1CO[C@H](c2ccccc2)O[C@H]1[C@H]1O[C@@H](c2ccccc2)OC[C@H]1OCC=C. The summed E-state index contributed by atoms with van der Waals surface area (Å²) in [7, 11) is 0. The van der Waals surface area contributed by atoms with E-state index in [9.17, 15) is 0 Å². The van der Waals surface area contributed by atoms with Gasteiger partial charge in [-0.15, -0.1) is 13.2 Å². The van der Waals surface area contributed by atoms with Crippen LogP contribution in [0.5, 0.6) is 0 Å². The fraction of sp³-hybridized carbons (Fsp3) is 0.385. The van der Waals surface area contributed by atoms with Gasteiger partial charge in [-0.25, -0.2) is 0 Å². The van der Waals surface area contributed by atoms with E-state index in [4.69, 9.17) is 28.4 Å². The minimum absolute atomic E-state index is 0.345. The predicted molar refractivity (Wildman–Crippen MR) is 120 cm³/mol. The smallest absolute Gasteiger partial charge is 0.184 e. The van der Waals surface area contributed by atoms with Gasteiger partial charge >= 0.3 is 0 Å². The molecule has 2 aromatic carbocycles. The first-order valence-corrected chi connectivity index (χ1v) is 10.9. The van der Waals surface area contributed by atoms with E-state index in [1.54, 1.807) is 12.2 Å². The van der Waals surface area contributed by atoms with Crippen LogP contribution in [0, 0.1) is 0 Å². The van der Waals surface area contributed by atoms with Crippen LogP contribution in [0.3, 0.4) is 0 Å². The molecular formula is C26H30O6. The summed E-state index contributed by atoms with van der Waals surface area (Å²) in [5.74, 6) is 0. The summed E-state index contributed by atoms with van der Waals surface area (Å²) in [4.78, 5) is 0. The maximum absolute atomic E-state index is 6.45. The summed E-state index contributed by atoms with van der Waals surface area (Å²) in [6.07, 6.45) is 0.827. The maximum Gasteiger partial charge on any atom is 0.184 e. The summed E-state index contributed by atoms with van der Waals surface area (Å²) < 4.78 is 36.9. The molecule has 0 bridgehead atoms. The van der Waals surface area contributed by atoms with E-state index < -0.39 is 24.8 Å². The number of ether oxygens (including phenoxy) is 6. The first-order valence-electron chi connectivity index (χ1n) is 10.9. The van der Waals surface area contributed by atoms with Crippen molar-refractivity contribution in [1.29, 1.82) is 0 Å². The molecule has 0 radical (unpaired) electrons. The molecule has 6 nitrogen and oxygen atoms in total. The standard InChI is InChI=1S/C26H30O6/c1-3-15-27-21-17-29-25(19-11-7-5-8-12-19)31-23(21)24-22(28-16-4-2)18-30-26(32-24)20-13-9-6-10-14-20/h3-14,21-26H,1-2,15-18H2/t21-,22+,23+,24-,25-,26-/m0/s1. The first kappa shape index (κ1) is 22.9. The molecule has 0 N–H and O–H groups in total. The number of hydrogen-bond donors (Lipinski definition) is 0. The van der Waals surface area contributed by atoms with Crippen molar-refractivity contribution >= 4 is 0 Å². The van der Waals surface area contributed by atoms with Crippen molar-refractivity contribution < 1.29 is 28.4 Å². The summed E-state index contributed by atoms with van der Waals surface area (Å²) in [6.45, 7) is 9.01. The van der Waals surface area contributed by atoms with E-state index >= 15 is 0 Å². The van der Waals surface area contributed by atoms with E-state index in [0.717, 1.165) is 11.1 Å². The van der Waals surface area contributed by atoms with Crippen LogP contribution in [0.2, 0.25) is 0 Å². The Bertz CT molecular complexity index is 770. The Morgan fingerprint density at radius 1 is 0.688 bits per heavy atom. The van der Waals surface area contributed by atoms with Crippen molar-refractivity contribution in [3.05, 3.63) is 97.1 Å². The lowest BCUT2D eigenvalue weighted by molar-refractivity contribution is -0.338. The zero-order chi connectivity index (χ0) is 22.2. The van der Waals surface area contributed by atoms with Crippen LogP contribution in [0.15, 0.2) is 86.0 Å². The van der Waals surface area contributed by atoms with Crippen LogP contribution in [-0.2, 0) is 28.4 Å². The molecule has 2 fully saturated rings. The largest absolute Gasteiger partial charge is 0.369 e. The van der Waals surface area contributed by atoms with Crippen LogP contribution >= 0.6 is 0 Å². The summed E-state index contributed by atoms with van der Waals surface area (Å²) in [6, 6.07) is 19.7. The minimum atomic E-state index is -0.522. The molecule has 2 aliphatic rings. The summed E-state index contributed by atoms with van der Waals surface area (Å²) in [5.41, 5.74) is 1.88. The van der Waals surface area contributed by atoms with Crippen molar-refractivity contribution in [3.63, 3.8) is 0 Å². The highest BCUT2D eigenvalue weighted by Gasteiger charge is 2.46. The van der Waals surface area contributed by atoms with Crippen LogP contribution in [-0.4, -0.2) is 50.8 Å². The molecule has 2 heterocycles. The topological polar surface area (TPSA) is 55.4 Å². The molecule has 0 amide bonds. The van der Waals surface area contributed by atoms with Gasteiger partial charge in [0.2, 0.25) is 0 Å². The number of hydrogen-bond acceptors (Lipinski definition) is 6. The zero-order valence-electron chi connectivity index (χ0n) is 18.1. The highest BCUT2D eigenvalue weighted by atomic mass is 16.7. The average molecular weight is 439 g/mol. The van der Waals surface area contributed by atoms with Gasteiger partial charge in [0, 0.05) is 11.1 Å². The van der Waals surface area contributed by atoms with Gasteiger partial charge in [0.05, 0.1) is 26.4 Å². The van der Waals surface area contributed by atoms with E-state index in [-0.39, 0.29) is 12.2 Å². The Labute approximate surface area is 189 Å². The Kier molecular flexibility index (Phi) is 8.23. The fourth-order valence-electron chi connectivity index (χ4n) is 3.91. The second-order valence-corrected chi connectivity index (χ2v) is 7.67. The second-order valence-electron chi connectivity index (χ2n) is 7.67. The molecule has 4 rings (SSSR count). The predicted octanol–water partition coefficient (Wildman–Crippen LogP) is 4.36. The Hall–Kier alpha value is -2.32. The number of rotatable bonds is 9. The molecule has 0 spiro atoms. The van der Waals surface area contributed by atoms with Crippen molar-refractivity contribution in [2.45, 2.75) is 37.0 Å². The quantitative estimate of drug-likeness (QED) is 0.543. The third-order valence-corrected chi connectivity index (χ3v) is 5.44. The summed E-state index contributed by atoms with van der Waals surface area (Å²) >= 11 is 0. The lowest BCUT2D eigenvalue weighted by atomic mass is 10.00. The average Bonchev–Trinajstić information content (AvgIpc) is 2.87. The minimum Gasteiger partial charge on any atom is -0.369 e. The lowest BCUT2D eigenvalue weighted by Crippen LogP contribution is -2.57. The third-order valence-electron chi connectivity index (χ3n) is 5.44. The van der Waals surface area contributed by atoms with E-state index in [1.165, 1.54) is 0 Å². The summed E-state index contributed by atoms with van der Waals surface area (Å²) in [5, 5.41) is 0. The highest BCUT2D eigenvalue weighted by Crippen LogP contribution is 2.36. The van der Waals surface area contributed by atoms with E-state index in [2.05, 4.69) is 13.2 Å². The molecule has 2 aromatic rings. The van der Waals surface area contributed by atoms with Gasteiger partial charge in [0.15, 0.2) is 12.6 Å². The van der Waals surface area contributed by atoms with Crippen LogP contribution < -0.4 is 0 Å². The van der Waals surface area contributed by atoms with Crippen molar-refractivity contribution in [1.82, 2.24) is 0 Å². The molecule has 170 valence electrons. The molecule has 6 heteroatoms. The maximum atomic E-state index is 6.45. The van der Waals surface area contributed by atoms with Crippen LogP contribution in [0.1, 0.15) is 23.7 Å². The van der Waals surface area contributed by atoms with Gasteiger partial charge in [-0.3, -0.25) is 0 Å². The van der Waals surface area contributed by atoms with Crippen LogP contribution in [0.25, 0.3) is 0 Å². The van der Waals surface area contributed by atoms with Gasteiger partial charge in [-0.1, -0.05) is 72.8 Å². The van der Waals surface area contributed by atoms with Gasteiger partial charge < -0.3 is 28.4 Å². The van der Waals surface area contributed by atoms with Crippen molar-refractivity contribution in [2.75, 3.05) is 26.4 Å². The van der Waals surface area contributed by atoms with Gasteiger partial charge in [-0.2, -0.15) is 0 Å². The third kappa shape index (κ3) is 5.53. The van der Waals surface area contributed by atoms with Gasteiger partial charge in [0.1, 0.15) is 24.4 Å². The van der Waals surface area contributed by atoms with E-state index in [1.807, 2.05) is 60.7 Å². The molecule has 0 saturated carbocycles. The Morgan fingerprint density at radius 2 is 1.09 bits per heavy atom.